The molecule has 0 atom stereocenters. The summed E-state index contributed by atoms with van der Waals surface area (Å²) in [5.41, 5.74) is 7.23. The molecule has 1 aromatic carbocycles. The van der Waals surface area contributed by atoms with Crippen LogP contribution in [0.2, 0.25) is 0 Å². The van der Waals surface area contributed by atoms with Gasteiger partial charge in [-0.3, -0.25) is 4.79 Å². The number of nitrogens with two attached hydrogens (primary N) is 1. The van der Waals surface area contributed by atoms with Crippen LogP contribution in [-0.4, -0.2) is 33.9 Å². The Morgan fingerprint density at radius 2 is 2.00 bits per heavy atom. The molecule has 6 heteroatoms. The molecule has 0 radical (unpaired) electrons. The van der Waals surface area contributed by atoms with Crippen LogP contribution in [0.3, 0.4) is 0 Å². The Bertz CT molecular complexity index is 751. The van der Waals surface area contributed by atoms with Crippen molar-refractivity contribution in [2.24, 2.45) is 11.1 Å². The van der Waals surface area contributed by atoms with Crippen LogP contribution in [0, 0.1) is 5.41 Å². The van der Waals surface area contributed by atoms with E-state index in [1.165, 1.54) is 6.33 Å². The Labute approximate surface area is 148 Å². The van der Waals surface area contributed by atoms with E-state index in [0.717, 1.165) is 25.9 Å². The summed E-state index contributed by atoms with van der Waals surface area (Å²) in [6, 6.07) is 8.90. The molecule has 1 amide bonds. The minimum absolute atomic E-state index is 0.0475. The molecule has 1 aliphatic rings. The maximum Gasteiger partial charge on any atom is 0.253 e. The Hall–Kier alpha value is -2.47. The highest BCUT2D eigenvalue weighted by Crippen LogP contribution is 2.30. The summed E-state index contributed by atoms with van der Waals surface area (Å²) < 4.78 is 5.75. The Morgan fingerprint density at radius 3 is 2.72 bits per heavy atom. The van der Waals surface area contributed by atoms with E-state index in [1.807, 2.05) is 17.0 Å². The third-order valence-electron chi connectivity index (χ3n) is 4.62. The number of carbonyl (C=O) groups excluding carboxylic acids is 1. The van der Waals surface area contributed by atoms with Crippen molar-refractivity contribution in [3.8, 4) is 11.6 Å². The van der Waals surface area contributed by atoms with Crippen LogP contribution in [0.25, 0.3) is 0 Å². The molecule has 2 heterocycles. The number of amides is 1. The first-order valence-corrected chi connectivity index (χ1v) is 8.55. The van der Waals surface area contributed by atoms with Crippen molar-refractivity contribution in [3.05, 3.63) is 47.9 Å². The molecular weight excluding hydrogens is 316 g/mol. The van der Waals surface area contributed by atoms with Gasteiger partial charge in [-0.25, -0.2) is 9.97 Å². The second-order valence-corrected chi connectivity index (χ2v) is 7.14. The number of aromatic nitrogens is 2. The fraction of sp³-hybridized carbons (Fsp3) is 0.421. The first kappa shape index (κ1) is 17.4. The zero-order valence-corrected chi connectivity index (χ0v) is 14.7. The van der Waals surface area contributed by atoms with Gasteiger partial charge in [0.15, 0.2) is 0 Å². The van der Waals surface area contributed by atoms with Crippen molar-refractivity contribution in [3.63, 3.8) is 0 Å². The van der Waals surface area contributed by atoms with Gasteiger partial charge in [-0.15, -0.1) is 0 Å². The molecule has 0 saturated carbocycles. The Balaban J connectivity index is 1.71. The fourth-order valence-corrected chi connectivity index (χ4v) is 2.86. The molecular formula is C19H24N4O2. The lowest BCUT2D eigenvalue weighted by atomic mass is 9.82. The fourth-order valence-electron chi connectivity index (χ4n) is 2.86. The second kappa shape index (κ2) is 7.19. The number of rotatable bonds is 4. The van der Waals surface area contributed by atoms with Gasteiger partial charge in [-0.05, 0) is 36.5 Å². The number of nitrogens with zero attached hydrogens (tertiary/aromatic N) is 3. The van der Waals surface area contributed by atoms with Crippen molar-refractivity contribution in [2.75, 3.05) is 13.1 Å². The lowest BCUT2D eigenvalue weighted by Gasteiger charge is -2.37. The number of hydrogen-bond acceptors (Lipinski definition) is 5. The van der Waals surface area contributed by atoms with Gasteiger partial charge < -0.3 is 15.4 Å². The number of benzene rings is 1. The van der Waals surface area contributed by atoms with Crippen molar-refractivity contribution in [1.29, 1.82) is 0 Å². The average molecular weight is 340 g/mol. The van der Waals surface area contributed by atoms with E-state index in [9.17, 15) is 4.79 Å². The van der Waals surface area contributed by atoms with Crippen molar-refractivity contribution in [2.45, 2.75) is 33.2 Å². The number of ether oxygens (including phenoxy) is 1. The van der Waals surface area contributed by atoms with Crippen LogP contribution >= 0.6 is 0 Å². The smallest absolute Gasteiger partial charge is 0.253 e. The van der Waals surface area contributed by atoms with E-state index in [1.54, 1.807) is 18.2 Å². The van der Waals surface area contributed by atoms with E-state index < -0.39 is 0 Å². The zero-order valence-electron chi connectivity index (χ0n) is 14.7. The molecule has 0 aliphatic carbocycles. The molecule has 6 nitrogen and oxygen atoms in total. The van der Waals surface area contributed by atoms with Crippen LogP contribution in [-0.2, 0) is 6.54 Å². The molecule has 0 unspecified atom stereocenters. The highest BCUT2D eigenvalue weighted by Gasteiger charge is 2.28. The number of piperidine rings is 1. The van der Waals surface area contributed by atoms with E-state index in [4.69, 9.17) is 10.5 Å². The van der Waals surface area contributed by atoms with Gasteiger partial charge in [0.1, 0.15) is 12.1 Å². The van der Waals surface area contributed by atoms with Gasteiger partial charge >= 0.3 is 0 Å². The van der Waals surface area contributed by atoms with Gasteiger partial charge in [-0.2, -0.15) is 0 Å². The molecule has 132 valence electrons. The maximum atomic E-state index is 12.7. The van der Waals surface area contributed by atoms with Crippen LogP contribution < -0.4 is 10.5 Å². The van der Waals surface area contributed by atoms with Gasteiger partial charge in [-0.1, -0.05) is 19.9 Å². The molecule has 0 spiro atoms. The molecule has 2 aromatic rings. The monoisotopic (exact) mass is 340 g/mol. The maximum absolute atomic E-state index is 12.7. The topological polar surface area (TPSA) is 81.3 Å². The Morgan fingerprint density at radius 1 is 1.24 bits per heavy atom. The third kappa shape index (κ3) is 4.33. The molecule has 1 aromatic heterocycles. The van der Waals surface area contributed by atoms with Gasteiger partial charge in [0.2, 0.25) is 5.88 Å². The van der Waals surface area contributed by atoms with Crippen LogP contribution in [0.15, 0.2) is 36.7 Å². The highest BCUT2D eigenvalue weighted by molar-refractivity contribution is 5.94. The van der Waals surface area contributed by atoms with Crippen molar-refractivity contribution >= 4 is 5.91 Å². The quantitative estimate of drug-likeness (QED) is 0.925. The van der Waals surface area contributed by atoms with Gasteiger partial charge in [0.05, 0.1) is 5.69 Å². The van der Waals surface area contributed by atoms with Crippen LogP contribution in [0.5, 0.6) is 11.6 Å². The van der Waals surface area contributed by atoms with E-state index in [2.05, 4.69) is 23.8 Å². The highest BCUT2D eigenvalue weighted by atomic mass is 16.5. The Kier molecular flexibility index (Phi) is 4.99. The largest absolute Gasteiger partial charge is 0.439 e. The first-order valence-electron chi connectivity index (χ1n) is 8.55. The summed E-state index contributed by atoms with van der Waals surface area (Å²) in [5, 5.41) is 0. The van der Waals surface area contributed by atoms with Crippen LogP contribution in [0.4, 0.5) is 0 Å². The molecule has 1 aliphatic heterocycles. The summed E-state index contributed by atoms with van der Waals surface area (Å²) in [5.74, 6) is 1.04. The minimum Gasteiger partial charge on any atom is -0.439 e. The van der Waals surface area contributed by atoms with Crippen molar-refractivity contribution in [1.82, 2.24) is 14.9 Å². The predicted octanol–water partition coefficient (Wildman–Crippen LogP) is 2.99. The van der Waals surface area contributed by atoms with Gasteiger partial charge in [0.25, 0.3) is 5.91 Å². The summed E-state index contributed by atoms with van der Waals surface area (Å²) >= 11 is 0. The zero-order chi connectivity index (χ0) is 17.9. The standard InChI is InChI=1S/C19H24N4O2/c1-19(2)6-8-23(9-7-19)18(24)14-4-3-5-16(10-14)25-17-11-15(12-20)21-13-22-17/h3-5,10-11,13H,6-9,12,20H2,1-2H3. The second-order valence-electron chi connectivity index (χ2n) is 7.14. The summed E-state index contributed by atoms with van der Waals surface area (Å²) in [7, 11) is 0. The normalized spacial score (nSPS) is 16.5. The lowest BCUT2D eigenvalue weighted by Crippen LogP contribution is -2.41. The lowest BCUT2D eigenvalue weighted by molar-refractivity contribution is 0.0630. The van der Waals surface area contributed by atoms with E-state index >= 15 is 0 Å². The SMILES string of the molecule is CC1(C)CCN(C(=O)c2cccc(Oc3cc(CN)ncn3)c2)CC1. The molecule has 25 heavy (non-hydrogen) atoms. The molecule has 1 fully saturated rings. The summed E-state index contributed by atoms with van der Waals surface area (Å²) in [6.45, 7) is 6.41. The molecule has 1 saturated heterocycles. The van der Waals surface area contributed by atoms with E-state index in [0.29, 0.717) is 34.8 Å². The van der Waals surface area contributed by atoms with E-state index in [-0.39, 0.29) is 5.91 Å². The number of hydrogen-bond donors (Lipinski definition) is 1. The predicted molar refractivity (Wildman–Crippen MR) is 95.4 cm³/mol. The van der Waals surface area contributed by atoms with Gasteiger partial charge in [0, 0.05) is 31.3 Å². The molecule has 3 rings (SSSR count). The average Bonchev–Trinajstić information content (AvgIpc) is 2.61. The summed E-state index contributed by atoms with van der Waals surface area (Å²) in [4.78, 5) is 22.8. The van der Waals surface area contributed by atoms with Crippen molar-refractivity contribution < 1.29 is 9.53 Å². The third-order valence-corrected chi connectivity index (χ3v) is 4.62. The molecule has 2 N–H and O–H groups in total. The number of carbonyl (C=O) groups is 1. The van der Waals surface area contributed by atoms with Crippen LogP contribution in [0.1, 0.15) is 42.7 Å². The minimum atomic E-state index is 0.0475. The number of likely N-dealkylation sites (tertiary alicyclic amines) is 1. The summed E-state index contributed by atoms with van der Waals surface area (Å²) in [6.07, 6.45) is 3.47. The molecule has 0 bridgehead atoms. The first-order chi connectivity index (χ1) is 12.0.